The monoisotopic (exact) mass is 302 g/mol. The second-order valence-electron chi connectivity index (χ2n) is 4.68. The second-order valence-corrected chi connectivity index (χ2v) is 4.68. The minimum atomic E-state index is -0.556. The quantitative estimate of drug-likeness (QED) is 0.688. The van der Waals surface area contributed by atoms with Crippen LogP contribution in [-0.4, -0.2) is 40.2 Å². The van der Waals surface area contributed by atoms with Gasteiger partial charge in [0.15, 0.2) is 0 Å². The summed E-state index contributed by atoms with van der Waals surface area (Å²) in [6.07, 6.45) is 6.50. The molecule has 0 fully saturated rings. The molecule has 0 aliphatic heterocycles. The topological polar surface area (TPSA) is 101 Å². The number of carbonyl (C=O) groups is 2. The summed E-state index contributed by atoms with van der Waals surface area (Å²) >= 11 is 0. The zero-order valence-corrected chi connectivity index (χ0v) is 12.4. The average Bonchev–Trinajstić information content (AvgIpc) is 2.93. The summed E-state index contributed by atoms with van der Waals surface area (Å²) in [5.41, 5.74) is 1.31. The highest BCUT2D eigenvalue weighted by Crippen LogP contribution is 2.10. The van der Waals surface area contributed by atoms with E-state index in [-0.39, 0.29) is 18.4 Å². The van der Waals surface area contributed by atoms with Gasteiger partial charge in [-0.25, -0.2) is 0 Å². The van der Waals surface area contributed by atoms with E-state index in [1.807, 2.05) is 0 Å². The highest BCUT2D eigenvalue weighted by molar-refractivity contribution is 5.95. The van der Waals surface area contributed by atoms with Crippen molar-refractivity contribution in [3.05, 3.63) is 42.5 Å². The van der Waals surface area contributed by atoms with E-state index in [1.54, 1.807) is 49.5 Å². The van der Waals surface area contributed by atoms with Crippen LogP contribution in [0.1, 0.15) is 11.6 Å². The molecule has 0 spiro atoms. The Morgan fingerprint density at radius 2 is 2.18 bits per heavy atom. The highest BCUT2D eigenvalue weighted by atomic mass is 16.2. The maximum absolute atomic E-state index is 12.1. The molecule has 2 heterocycles. The highest BCUT2D eigenvalue weighted by Gasteiger charge is 2.20. The van der Waals surface area contributed by atoms with E-state index in [9.17, 15) is 9.59 Å². The van der Waals surface area contributed by atoms with Gasteiger partial charge in [0.2, 0.25) is 11.8 Å². The van der Waals surface area contributed by atoms with Crippen molar-refractivity contribution in [1.82, 2.24) is 25.4 Å². The standard InChI is InChI=1S/C14H18N6O2/c1-15-13(10-6-18-20(2)9-10)14(22)17-8-12(21)19-11-4-3-5-16-7-11/h3-7,9,13,15H,8H2,1-2H3,(H,17,22)(H,19,21). The second kappa shape index (κ2) is 7.32. The first-order valence-corrected chi connectivity index (χ1v) is 6.73. The predicted molar refractivity (Wildman–Crippen MR) is 80.9 cm³/mol. The molecular formula is C14H18N6O2. The van der Waals surface area contributed by atoms with Crippen molar-refractivity contribution in [3.8, 4) is 0 Å². The van der Waals surface area contributed by atoms with Crippen molar-refractivity contribution in [2.75, 3.05) is 18.9 Å². The lowest BCUT2D eigenvalue weighted by atomic mass is 10.1. The molecule has 3 N–H and O–H groups in total. The number of aromatic nitrogens is 3. The number of nitrogens with one attached hydrogen (secondary N) is 3. The fourth-order valence-corrected chi connectivity index (χ4v) is 1.95. The Morgan fingerprint density at radius 3 is 2.77 bits per heavy atom. The minimum Gasteiger partial charge on any atom is -0.345 e. The van der Waals surface area contributed by atoms with Crippen molar-refractivity contribution in [2.45, 2.75) is 6.04 Å². The normalized spacial score (nSPS) is 11.7. The maximum Gasteiger partial charge on any atom is 0.243 e. The third-order valence-electron chi connectivity index (χ3n) is 2.98. The number of anilines is 1. The SMILES string of the molecule is CNC(C(=O)NCC(=O)Nc1cccnc1)c1cnn(C)c1. The lowest BCUT2D eigenvalue weighted by Crippen LogP contribution is -2.39. The van der Waals surface area contributed by atoms with E-state index in [2.05, 4.69) is 26.0 Å². The fourth-order valence-electron chi connectivity index (χ4n) is 1.95. The number of pyridine rings is 1. The van der Waals surface area contributed by atoms with Crippen LogP contribution in [0.4, 0.5) is 5.69 Å². The molecule has 0 saturated heterocycles. The smallest absolute Gasteiger partial charge is 0.243 e. The van der Waals surface area contributed by atoms with Crippen LogP contribution in [0.3, 0.4) is 0 Å². The summed E-state index contributed by atoms with van der Waals surface area (Å²) in [7, 11) is 3.45. The maximum atomic E-state index is 12.1. The Morgan fingerprint density at radius 1 is 1.36 bits per heavy atom. The van der Waals surface area contributed by atoms with Gasteiger partial charge in [-0.2, -0.15) is 5.10 Å². The van der Waals surface area contributed by atoms with Gasteiger partial charge in [0.05, 0.1) is 24.6 Å². The van der Waals surface area contributed by atoms with E-state index < -0.39 is 6.04 Å². The summed E-state index contributed by atoms with van der Waals surface area (Å²) < 4.78 is 1.61. The molecule has 1 atom stereocenters. The molecule has 8 nitrogen and oxygen atoms in total. The third kappa shape index (κ3) is 4.13. The molecule has 8 heteroatoms. The van der Waals surface area contributed by atoms with Crippen molar-refractivity contribution in [3.63, 3.8) is 0 Å². The lowest BCUT2D eigenvalue weighted by Gasteiger charge is -2.14. The van der Waals surface area contributed by atoms with Crippen LogP contribution < -0.4 is 16.0 Å². The first kappa shape index (κ1) is 15.6. The number of rotatable bonds is 6. The van der Waals surface area contributed by atoms with Gasteiger partial charge in [-0.15, -0.1) is 0 Å². The molecule has 22 heavy (non-hydrogen) atoms. The van der Waals surface area contributed by atoms with Crippen molar-refractivity contribution in [2.24, 2.45) is 7.05 Å². The number of carbonyl (C=O) groups excluding carboxylic acids is 2. The Kier molecular flexibility index (Phi) is 5.21. The average molecular weight is 302 g/mol. The van der Waals surface area contributed by atoms with Gasteiger partial charge in [-0.3, -0.25) is 19.3 Å². The number of hydrogen-bond acceptors (Lipinski definition) is 5. The van der Waals surface area contributed by atoms with Crippen LogP contribution in [0.15, 0.2) is 36.9 Å². The van der Waals surface area contributed by atoms with E-state index >= 15 is 0 Å². The molecule has 2 aromatic heterocycles. The Hall–Kier alpha value is -2.74. The van der Waals surface area contributed by atoms with Gasteiger partial charge in [-0.1, -0.05) is 0 Å². The molecule has 116 valence electrons. The summed E-state index contributed by atoms with van der Waals surface area (Å²) in [6, 6.07) is 2.88. The first-order valence-electron chi connectivity index (χ1n) is 6.73. The Bertz CT molecular complexity index is 640. The summed E-state index contributed by atoms with van der Waals surface area (Å²) in [4.78, 5) is 27.8. The number of aryl methyl sites for hydroxylation is 1. The lowest BCUT2D eigenvalue weighted by molar-refractivity contribution is -0.125. The van der Waals surface area contributed by atoms with Gasteiger partial charge >= 0.3 is 0 Å². The van der Waals surface area contributed by atoms with Crippen LogP contribution in [0.25, 0.3) is 0 Å². The summed E-state index contributed by atoms with van der Waals surface area (Å²) in [5.74, 6) is -0.612. The van der Waals surface area contributed by atoms with E-state index in [4.69, 9.17) is 0 Å². The van der Waals surface area contributed by atoms with Crippen molar-refractivity contribution >= 4 is 17.5 Å². The number of likely N-dealkylation sites (N-methyl/N-ethyl adjacent to an activating group) is 1. The van der Waals surface area contributed by atoms with Gasteiger partial charge < -0.3 is 16.0 Å². The van der Waals surface area contributed by atoms with E-state index in [0.29, 0.717) is 5.69 Å². The fraction of sp³-hybridized carbons (Fsp3) is 0.286. The van der Waals surface area contributed by atoms with Crippen LogP contribution in [-0.2, 0) is 16.6 Å². The van der Waals surface area contributed by atoms with Gasteiger partial charge in [0, 0.05) is 25.0 Å². The summed E-state index contributed by atoms with van der Waals surface area (Å²) in [6.45, 7) is -0.119. The number of nitrogens with zero attached hydrogens (tertiary/aromatic N) is 3. The van der Waals surface area contributed by atoms with Gasteiger partial charge in [0.25, 0.3) is 0 Å². The van der Waals surface area contributed by atoms with E-state index in [1.165, 1.54) is 6.20 Å². The Labute approximate surface area is 127 Å². The number of amides is 2. The van der Waals surface area contributed by atoms with Gasteiger partial charge in [0.1, 0.15) is 6.04 Å². The van der Waals surface area contributed by atoms with Crippen LogP contribution in [0.2, 0.25) is 0 Å². The molecular weight excluding hydrogens is 284 g/mol. The minimum absolute atomic E-state index is 0.119. The molecule has 2 rings (SSSR count). The molecule has 2 amide bonds. The zero-order chi connectivity index (χ0) is 15.9. The molecule has 0 radical (unpaired) electrons. The van der Waals surface area contributed by atoms with Crippen LogP contribution in [0, 0.1) is 0 Å². The first-order chi connectivity index (χ1) is 10.6. The van der Waals surface area contributed by atoms with Crippen LogP contribution >= 0.6 is 0 Å². The van der Waals surface area contributed by atoms with Crippen molar-refractivity contribution < 1.29 is 9.59 Å². The summed E-state index contributed by atoms with van der Waals surface area (Å²) in [5, 5.41) is 12.2. The van der Waals surface area contributed by atoms with Crippen molar-refractivity contribution in [1.29, 1.82) is 0 Å². The zero-order valence-electron chi connectivity index (χ0n) is 12.4. The van der Waals surface area contributed by atoms with Gasteiger partial charge in [-0.05, 0) is 19.2 Å². The molecule has 0 aliphatic rings. The van der Waals surface area contributed by atoms with Crippen LogP contribution in [0.5, 0.6) is 0 Å². The van der Waals surface area contributed by atoms with E-state index in [0.717, 1.165) is 5.56 Å². The largest absolute Gasteiger partial charge is 0.345 e. The molecule has 0 aromatic carbocycles. The molecule has 0 bridgehead atoms. The molecule has 2 aromatic rings. The molecule has 1 unspecified atom stereocenters. The molecule has 0 aliphatic carbocycles. The molecule has 0 saturated carbocycles. The third-order valence-corrected chi connectivity index (χ3v) is 2.98. The number of hydrogen-bond donors (Lipinski definition) is 3. The predicted octanol–water partition coefficient (Wildman–Crippen LogP) is -0.169. The Balaban J connectivity index is 1.87.